The van der Waals surface area contributed by atoms with Crippen molar-refractivity contribution in [2.45, 2.75) is 0 Å². The van der Waals surface area contributed by atoms with Gasteiger partial charge in [-0.05, 0) is 36.4 Å². The van der Waals surface area contributed by atoms with Crippen LogP contribution in [-0.4, -0.2) is 5.11 Å². The van der Waals surface area contributed by atoms with Gasteiger partial charge in [0.1, 0.15) is 5.58 Å². The maximum absolute atomic E-state index is 11.8. The molecular formula is C15H9ClN2O3. The van der Waals surface area contributed by atoms with Gasteiger partial charge < -0.3 is 9.52 Å². The van der Waals surface area contributed by atoms with Gasteiger partial charge in [0.25, 0.3) is 0 Å². The molecule has 0 aliphatic heterocycles. The molecule has 21 heavy (non-hydrogen) atoms. The van der Waals surface area contributed by atoms with E-state index in [4.69, 9.17) is 16.0 Å². The number of para-hydroxylation sites is 1. The average Bonchev–Trinajstić information content (AvgIpc) is 2.49. The third kappa shape index (κ3) is 2.64. The SMILES string of the molecule is O=c1oc2ccccc2c(O)c1N=Nc1ccc(Cl)cc1. The molecule has 3 rings (SSSR count). The van der Waals surface area contributed by atoms with Gasteiger partial charge in [0, 0.05) is 5.02 Å². The first-order valence-corrected chi connectivity index (χ1v) is 6.45. The molecule has 0 radical (unpaired) electrons. The molecule has 2 aromatic carbocycles. The summed E-state index contributed by atoms with van der Waals surface area (Å²) in [5.41, 5.74) is -0.177. The molecule has 0 saturated heterocycles. The van der Waals surface area contributed by atoms with E-state index in [0.717, 1.165) is 0 Å². The first kappa shape index (κ1) is 13.3. The zero-order chi connectivity index (χ0) is 14.8. The van der Waals surface area contributed by atoms with Gasteiger partial charge in [-0.15, -0.1) is 5.11 Å². The number of hydrogen-bond donors (Lipinski definition) is 1. The van der Waals surface area contributed by atoms with Gasteiger partial charge in [-0.2, -0.15) is 5.11 Å². The zero-order valence-electron chi connectivity index (χ0n) is 10.7. The van der Waals surface area contributed by atoms with Gasteiger partial charge in [-0.3, -0.25) is 0 Å². The molecule has 0 saturated carbocycles. The highest BCUT2D eigenvalue weighted by Crippen LogP contribution is 2.32. The van der Waals surface area contributed by atoms with E-state index in [0.29, 0.717) is 21.7 Å². The summed E-state index contributed by atoms with van der Waals surface area (Å²) in [6.45, 7) is 0. The van der Waals surface area contributed by atoms with Crippen molar-refractivity contribution in [3.63, 3.8) is 0 Å². The molecule has 1 aromatic heterocycles. The van der Waals surface area contributed by atoms with Crippen LogP contribution in [0.1, 0.15) is 0 Å². The smallest absolute Gasteiger partial charge is 0.368 e. The third-order valence-corrected chi connectivity index (χ3v) is 3.11. The predicted octanol–water partition coefficient (Wildman–Crippen LogP) is 4.57. The quantitative estimate of drug-likeness (QED) is 0.556. The largest absolute Gasteiger partial charge is 0.505 e. The van der Waals surface area contributed by atoms with Crippen LogP contribution in [0.2, 0.25) is 5.02 Å². The van der Waals surface area contributed by atoms with Crippen molar-refractivity contribution in [2.24, 2.45) is 10.2 Å². The molecule has 1 heterocycles. The van der Waals surface area contributed by atoms with Crippen molar-refractivity contribution < 1.29 is 9.52 Å². The Hall–Kier alpha value is -2.66. The third-order valence-electron chi connectivity index (χ3n) is 2.85. The second-order valence-corrected chi connectivity index (χ2v) is 4.70. The second-order valence-electron chi connectivity index (χ2n) is 4.26. The molecule has 0 aliphatic rings. The molecule has 0 unspecified atom stereocenters. The van der Waals surface area contributed by atoms with E-state index >= 15 is 0 Å². The van der Waals surface area contributed by atoms with E-state index in [1.165, 1.54) is 0 Å². The summed E-state index contributed by atoms with van der Waals surface area (Å²) in [7, 11) is 0. The van der Waals surface area contributed by atoms with E-state index in [9.17, 15) is 9.90 Å². The van der Waals surface area contributed by atoms with Gasteiger partial charge in [0.05, 0.1) is 11.1 Å². The van der Waals surface area contributed by atoms with Crippen molar-refractivity contribution in [2.75, 3.05) is 0 Å². The lowest BCUT2D eigenvalue weighted by atomic mass is 10.2. The van der Waals surface area contributed by atoms with Gasteiger partial charge in [0.15, 0.2) is 5.75 Å². The highest BCUT2D eigenvalue weighted by molar-refractivity contribution is 6.30. The van der Waals surface area contributed by atoms with Crippen LogP contribution in [0.25, 0.3) is 11.0 Å². The summed E-state index contributed by atoms with van der Waals surface area (Å²) in [4.78, 5) is 11.8. The minimum Gasteiger partial charge on any atom is -0.505 e. The maximum Gasteiger partial charge on any atom is 0.368 e. The van der Waals surface area contributed by atoms with E-state index in [1.54, 1.807) is 48.5 Å². The molecule has 0 amide bonds. The summed E-state index contributed by atoms with van der Waals surface area (Å²) in [5, 5.41) is 18.8. The molecule has 104 valence electrons. The number of halogens is 1. The highest BCUT2D eigenvalue weighted by atomic mass is 35.5. The molecule has 0 aliphatic carbocycles. The standard InChI is InChI=1S/C15H9ClN2O3/c16-9-5-7-10(8-6-9)17-18-13-14(19)11-3-1-2-4-12(11)21-15(13)20/h1-8,19H. The zero-order valence-corrected chi connectivity index (χ0v) is 11.4. The number of rotatable bonds is 2. The summed E-state index contributed by atoms with van der Waals surface area (Å²) in [6.07, 6.45) is 0. The summed E-state index contributed by atoms with van der Waals surface area (Å²) in [5.74, 6) is -0.250. The predicted molar refractivity (Wildman–Crippen MR) is 79.8 cm³/mol. The monoisotopic (exact) mass is 300 g/mol. The Balaban J connectivity index is 2.08. The summed E-state index contributed by atoms with van der Waals surface area (Å²) >= 11 is 5.77. The lowest BCUT2D eigenvalue weighted by Crippen LogP contribution is -1.98. The van der Waals surface area contributed by atoms with Crippen LogP contribution >= 0.6 is 11.6 Å². The lowest BCUT2D eigenvalue weighted by molar-refractivity contribution is 0.469. The van der Waals surface area contributed by atoms with Crippen molar-refractivity contribution in [1.82, 2.24) is 0 Å². The van der Waals surface area contributed by atoms with Crippen molar-refractivity contribution >= 4 is 33.9 Å². The molecule has 3 aromatic rings. The van der Waals surface area contributed by atoms with Crippen molar-refractivity contribution in [1.29, 1.82) is 0 Å². The average molecular weight is 301 g/mol. The molecule has 0 bridgehead atoms. The Morgan fingerprint density at radius 3 is 2.48 bits per heavy atom. The number of benzene rings is 2. The Morgan fingerprint density at radius 2 is 1.71 bits per heavy atom. The Kier molecular flexibility index (Phi) is 3.41. The fourth-order valence-electron chi connectivity index (χ4n) is 1.83. The van der Waals surface area contributed by atoms with Crippen LogP contribution in [0.5, 0.6) is 5.75 Å². The summed E-state index contributed by atoms with van der Waals surface area (Å²) in [6, 6.07) is 13.3. The van der Waals surface area contributed by atoms with Crippen LogP contribution in [0, 0.1) is 0 Å². The molecule has 6 heteroatoms. The van der Waals surface area contributed by atoms with Gasteiger partial charge in [-0.1, -0.05) is 23.7 Å². The first-order valence-electron chi connectivity index (χ1n) is 6.07. The molecule has 0 fully saturated rings. The second kappa shape index (κ2) is 5.38. The maximum atomic E-state index is 11.8. The fourth-order valence-corrected chi connectivity index (χ4v) is 1.95. The van der Waals surface area contributed by atoms with Gasteiger partial charge >= 0.3 is 5.63 Å². The van der Waals surface area contributed by atoms with E-state index < -0.39 is 5.63 Å². The van der Waals surface area contributed by atoms with Crippen LogP contribution in [-0.2, 0) is 0 Å². The number of hydrogen-bond acceptors (Lipinski definition) is 5. The van der Waals surface area contributed by atoms with E-state index in [2.05, 4.69) is 10.2 Å². The normalized spacial score (nSPS) is 11.3. The van der Waals surface area contributed by atoms with E-state index in [-0.39, 0.29) is 11.4 Å². The number of fused-ring (bicyclic) bond motifs is 1. The minimum atomic E-state index is -0.746. The van der Waals surface area contributed by atoms with Crippen LogP contribution in [0.4, 0.5) is 11.4 Å². The summed E-state index contributed by atoms with van der Waals surface area (Å²) < 4.78 is 5.09. The molecular weight excluding hydrogens is 292 g/mol. The highest BCUT2D eigenvalue weighted by Gasteiger charge is 2.13. The van der Waals surface area contributed by atoms with Crippen LogP contribution in [0.3, 0.4) is 0 Å². The van der Waals surface area contributed by atoms with Gasteiger partial charge in [-0.25, -0.2) is 4.79 Å². The lowest BCUT2D eigenvalue weighted by Gasteiger charge is -2.01. The van der Waals surface area contributed by atoms with Crippen LogP contribution < -0.4 is 5.63 Å². The fraction of sp³-hybridized carbons (Fsp3) is 0. The number of aromatic hydroxyl groups is 1. The van der Waals surface area contributed by atoms with E-state index in [1.807, 2.05) is 0 Å². The first-order chi connectivity index (χ1) is 10.1. The Labute approximate surface area is 124 Å². The number of nitrogens with zero attached hydrogens (tertiary/aromatic N) is 2. The molecule has 5 nitrogen and oxygen atoms in total. The Bertz CT molecular complexity index is 886. The van der Waals surface area contributed by atoms with Crippen LogP contribution in [0.15, 0.2) is 68.0 Å². The molecule has 1 N–H and O–H groups in total. The molecule has 0 spiro atoms. The topological polar surface area (TPSA) is 75.2 Å². The number of azo groups is 1. The molecule has 0 atom stereocenters. The van der Waals surface area contributed by atoms with Crippen molar-refractivity contribution in [3.8, 4) is 5.75 Å². The Morgan fingerprint density at radius 1 is 1.00 bits per heavy atom. The van der Waals surface area contributed by atoms with Gasteiger partial charge in [0.2, 0.25) is 5.69 Å². The minimum absolute atomic E-state index is 0.233. The van der Waals surface area contributed by atoms with Crippen molar-refractivity contribution in [3.05, 3.63) is 64.0 Å².